The van der Waals surface area contributed by atoms with Crippen LogP contribution < -0.4 is 0 Å². The van der Waals surface area contributed by atoms with Gasteiger partial charge in [0.1, 0.15) is 0 Å². The van der Waals surface area contributed by atoms with Crippen molar-refractivity contribution in [1.82, 2.24) is 18.3 Å². The van der Waals surface area contributed by atoms with Crippen LogP contribution in [-0.2, 0) is 0 Å². The van der Waals surface area contributed by atoms with Crippen LogP contribution in [0.3, 0.4) is 0 Å². The zero-order valence-electron chi connectivity index (χ0n) is 47.8. The Morgan fingerprint density at radius 3 is 1.00 bits per heavy atom. The van der Waals surface area contributed by atoms with E-state index in [9.17, 15) is 0 Å². The molecule has 0 aliphatic heterocycles. The maximum Gasteiger partial charge on any atom is 0.0619 e. The molecule has 4 nitrogen and oxygen atoms in total. The van der Waals surface area contributed by atoms with Crippen molar-refractivity contribution in [2.45, 2.75) is 13.8 Å². The van der Waals surface area contributed by atoms with Gasteiger partial charge < -0.3 is 18.3 Å². The van der Waals surface area contributed by atoms with Crippen molar-refractivity contribution in [3.8, 4) is 45.0 Å². The molecule has 4 heterocycles. The summed E-state index contributed by atoms with van der Waals surface area (Å²) in [6.45, 7) is 4.00. The smallest absolute Gasteiger partial charge is 0.0619 e. The molecular weight excluding hydrogens is 1040 g/mol. The van der Waals surface area contributed by atoms with Crippen LogP contribution in [0.1, 0.15) is 13.8 Å². The molecular formula is C82H58N4. The van der Waals surface area contributed by atoms with Crippen molar-refractivity contribution in [3.05, 3.63) is 315 Å². The first-order valence-electron chi connectivity index (χ1n) is 29.9. The molecule has 0 amide bonds. The van der Waals surface area contributed by atoms with Gasteiger partial charge in [-0.25, -0.2) is 0 Å². The van der Waals surface area contributed by atoms with E-state index in [1.807, 2.05) is 13.8 Å². The number of fused-ring (bicyclic) bond motifs is 16. The Kier molecular flexibility index (Phi) is 12.3. The Labute approximate surface area is 498 Å². The van der Waals surface area contributed by atoms with Gasteiger partial charge in [-0.3, -0.25) is 0 Å². The second-order valence-electron chi connectivity index (χ2n) is 22.0. The average molecular weight is 1100 g/mol. The fourth-order valence-corrected chi connectivity index (χ4v) is 13.7. The first-order chi connectivity index (χ1) is 42.7. The molecule has 0 saturated carbocycles. The normalized spacial score (nSPS) is 11.6. The van der Waals surface area contributed by atoms with Crippen molar-refractivity contribution in [1.29, 1.82) is 0 Å². The van der Waals surface area contributed by atoms with Crippen molar-refractivity contribution in [2.24, 2.45) is 0 Å². The highest BCUT2D eigenvalue weighted by Gasteiger charge is 2.21. The predicted octanol–water partition coefficient (Wildman–Crippen LogP) is 22.4. The third-order valence-electron chi connectivity index (χ3n) is 17.4. The number of aromatic nitrogens is 4. The summed E-state index contributed by atoms with van der Waals surface area (Å²) in [6, 6.07) is 114. The summed E-state index contributed by atoms with van der Waals surface area (Å²) < 4.78 is 9.60. The summed E-state index contributed by atoms with van der Waals surface area (Å²) in [6.07, 6.45) is 0. The van der Waals surface area contributed by atoms with E-state index < -0.39 is 0 Å². The third kappa shape index (κ3) is 8.06. The standard InChI is InChI=1S/2C40H26N2.C2H6/c1-3-13-28(14-4-1)41-37-21-11-9-18-31(37)35-25-27(23-24-39(35)41)34-26-36-32-19-10-12-22-38(32)42(29-15-5-2-6-16-29)40(36)33-20-8-7-17-30(33)34;1-3-12-30(13-4-1)41-37-18-10-9-17-33(37)35-25-28(20-23-38(35)41)29-21-24-39-36(26-29)34-22-19-27-11-7-8-16-32(27)40(34)42(39)31-14-5-2-6-15-31;1-2/h2*1-26H;1-2H3. The number of rotatable bonds is 6. The van der Waals surface area contributed by atoms with Crippen LogP contribution in [-0.4, -0.2) is 18.3 Å². The number of nitrogens with zero attached hydrogens (tertiary/aromatic N) is 4. The molecule has 4 heteroatoms. The van der Waals surface area contributed by atoms with Gasteiger partial charge in [0.15, 0.2) is 0 Å². The van der Waals surface area contributed by atoms with Crippen molar-refractivity contribution < 1.29 is 0 Å². The molecule has 0 aliphatic carbocycles. The van der Waals surface area contributed by atoms with Gasteiger partial charge in [0.2, 0.25) is 0 Å². The molecule has 0 bridgehead atoms. The van der Waals surface area contributed by atoms with Crippen LogP contribution in [0, 0.1) is 0 Å². The van der Waals surface area contributed by atoms with Gasteiger partial charge in [-0.05, 0) is 142 Å². The van der Waals surface area contributed by atoms with E-state index >= 15 is 0 Å². The van der Waals surface area contributed by atoms with E-state index in [-0.39, 0.29) is 0 Å². The van der Waals surface area contributed by atoms with Gasteiger partial charge in [-0.2, -0.15) is 0 Å². The minimum Gasteiger partial charge on any atom is -0.309 e. The van der Waals surface area contributed by atoms with Crippen LogP contribution in [0.4, 0.5) is 0 Å². The summed E-state index contributed by atoms with van der Waals surface area (Å²) in [5.41, 5.74) is 19.5. The number of para-hydroxylation sites is 7. The fraction of sp³-hybridized carbons (Fsp3) is 0.0244. The summed E-state index contributed by atoms with van der Waals surface area (Å²) in [5, 5.41) is 15.2. The second-order valence-corrected chi connectivity index (χ2v) is 22.0. The summed E-state index contributed by atoms with van der Waals surface area (Å²) in [7, 11) is 0. The topological polar surface area (TPSA) is 19.7 Å². The van der Waals surface area contributed by atoms with E-state index in [0.717, 1.165) is 0 Å². The van der Waals surface area contributed by atoms with E-state index in [1.165, 1.54) is 154 Å². The highest BCUT2D eigenvalue weighted by molar-refractivity contribution is 6.23. The van der Waals surface area contributed by atoms with Crippen LogP contribution >= 0.6 is 0 Å². The fourth-order valence-electron chi connectivity index (χ4n) is 13.7. The Morgan fingerprint density at radius 1 is 0.186 bits per heavy atom. The largest absolute Gasteiger partial charge is 0.309 e. The summed E-state index contributed by atoms with van der Waals surface area (Å²) >= 11 is 0. The Hall–Kier alpha value is -11.2. The average Bonchev–Trinajstić information content (AvgIpc) is 1.77. The zero-order chi connectivity index (χ0) is 57.2. The minimum absolute atomic E-state index is 1.18. The molecule has 0 unspecified atom stereocenters. The van der Waals surface area contributed by atoms with Gasteiger partial charge in [-0.15, -0.1) is 0 Å². The zero-order valence-corrected chi connectivity index (χ0v) is 47.8. The monoisotopic (exact) mass is 1100 g/mol. The lowest BCUT2D eigenvalue weighted by Gasteiger charge is -2.13. The number of hydrogen-bond acceptors (Lipinski definition) is 0. The van der Waals surface area contributed by atoms with E-state index in [4.69, 9.17) is 0 Å². The first-order valence-corrected chi connectivity index (χ1v) is 29.9. The lowest BCUT2D eigenvalue weighted by molar-refractivity contribution is 1.18. The quantitative estimate of drug-likeness (QED) is 0.158. The van der Waals surface area contributed by atoms with Crippen molar-refractivity contribution in [2.75, 3.05) is 0 Å². The molecule has 4 aromatic heterocycles. The Morgan fingerprint density at radius 2 is 0.500 bits per heavy atom. The van der Waals surface area contributed by atoms with Crippen LogP contribution in [0.25, 0.3) is 154 Å². The lowest BCUT2D eigenvalue weighted by atomic mass is 9.94. The van der Waals surface area contributed by atoms with Gasteiger partial charge in [0.05, 0.1) is 44.1 Å². The molecule has 0 saturated heterocycles. The molecule has 86 heavy (non-hydrogen) atoms. The molecule has 18 rings (SSSR count). The third-order valence-corrected chi connectivity index (χ3v) is 17.4. The van der Waals surface area contributed by atoms with Crippen LogP contribution in [0.5, 0.6) is 0 Å². The molecule has 0 fully saturated rings. The van der Waals surface area contributed by atoms with E-state index in [1.54, 1.807) is 0 Å². The molecule has 0 N–H and O–H groups in total. The first kappa shape index (κ1) is 50.5. The SMILES string of the molecule is CC.c1ccc(-n2c3ccccc3c3cc(-c4cc5c6ccccc6n(-c6ccccc6)c5c5ccccc45)ccc32)cc1.c1ccc(-n2c3ccccc3c3cc(-c4ccc5c(c4)c4ccc6ccccc6c4n5-c4ccccc4)ccc32)cc1. The Balaban J connectivity index is 0.000000136. The molecule has 406 valence electrons. The van der Waals surface area contributed by atoms with Gasteiger partial charge >= 0.3 is 0 Å². The van der Waals surface area contributed by atoms with Gasteiger partial charge in [-0.1, -0.05) is 220 Å². The Bertz CT molecular complexity index is 5550. The molecule has 0 spiro atoms. The van der Waals surface area contributed by atoms with E-state index in [2.05, 4.69) is 334 Å². The highest BCUT2D eigenvalue weighted by atomic mass is 15.0. The van der Waals surface area contributed by atoms with Crippen molar-refractivity contribution in [3.63, 3.8) is 0 Å². The van der Waals surface area contributed by atoms with Crippen molar-refractivity contribution >= 4 is 109 Å². The summed E-state index contributed by atoms with van der Waals surface area (Å²) in [5.74, 6) is 0. The lowest BCUT2D eigenvalue weighted by Crippen LogP contribution is -1.94. The minimum atomic E-state index is 1.18. The predicted molar refractivity (Wildman–Crippen MR) is 367 cm³/mol. The molecule has 14 aromatic carbocycles. The molecule has 0 atom stereocenters. The molecule has 0 radical (unpaired) electrons. The number of benzene rings is 14. The summed E-state index contributed by atoms with van der Waals surface area (Å²) in [4.78, 5) is 0. The van der Waals surface area contributed by atoms with Crippen LogP contribution in [0.15, 0.2) is 315 Å². The maximum absolute atomic E-state index is 2.42. The van der Waals surface area contributed by atoms with Gasteiger partial charge in [0.25, 0.3) is 0 Å². The highest BCUT2D eigenvalue weighted by Crippen LogP contribution is 2.44. The number of hydrogen-bond donors (Lipinski definition) is 0. The van der Waals surface area contributed by atoms with Gasteiger partial charge in [0, 0.05) is 76.6 Å². The molecule has 18 aromatic rings. The maximum atomic E-state index is 2.42. The van der Waals surface area contributed by atoms with Crippen LogP contribution in [0.2, 0.25) is 0 Å². The van der Waals surface area contributed by atoms with E-state index in [0.29, 0.717) is 0 Å². The second kappa shape index (κ2) is 20.9. The molecule has 0 aliphatic rings.